The molecule has 3 nitrogen and oxygen atoms in total. The Hall–Kier alpha value is -1.81. The normalized spacial score (nSPS) is 11.1. The number of aromatic amines is 1. The number of H-pyrrole nitrogens is 1. The van der Waals surface area contributed by atoms with Crippen LogP contribution in [0.25, 0.3) is 22.4 Å². The Morgan fingerprint density at radius 2 is 2.19 bits per heavy atom. The zero-order valence-electron chi connectivity index (χ0n) is 8.82. The highest BCUT2D eigenvalue weighted by Gasteiger charge is 2.08. The van der Waals surface area contributed by atoms with Gasteiger partial charge in [-0.3, -0.25) is 0 Å². The van der Waals surface area contributed by atoms with E-state index in [4.69, 9.17) is 5.73 Å². The number of thiophene rings is 1. The number of fused-ring (bicyclic) bond motifs is 1. The molecule has 80 valence electrons. The van der Waals surface area contributed by atoms with Crippen LogP contribution in [-0.4, -0.2) is 9.97 Å². The minimum Gasteiger partial charge on any atom is -0.399 e. The largest absolute Gasteiger partial charge is 0.399 e. The molecule has 3 N–H and O–H groups in total. The Bertz CT molecular complexity index is 651. The first-order valence-electron chi connectivity index (χ1n) is 5.02. The van der Waals surface area contributed by atoms with Crippen LogP contribution in [0.1, 0.15) is 5.56 Å². The van der Waals surface area contributed by atoms with Crippen LogP contribution in [0, 0.1) is 6.92 Å². The van der Waals surface area contributed by atoms with Gasteiger partial charge in [-0.2, -0.15) is 11.3 Å². The van der Waals surface area contributed by atoms with Gasteiger partial charge in [0, 0.05) is 16.6 Å². The van der Waals surface area contributed by atoms with Gasteiger partial charge in [-0.25, -0.2) is 4.98 Å². The monoisotopic (exact) mass is 229 g/mol. The van der Waals surface area contributed by atoms with Crippen molar-refractivity contribution in [3.8, 4) is 11.4 Å². The van der Waals surface area contributed by atoms with E-state index >= 15 is 0 Å². The number of aromatic nitrogens is 2. The van der Waals surface area contributed by atoms with E-state index in [9.17, 15) is 0 Å². The molecule has 4 heteroatoms. The van der Waals surface area contributed by atoms with E-state index in [1.54, 1.807) is 11.3 Å². The van der Waals surface area contributed by atoms with E-state index in [0.717, 1.165) is 22.5 Å². The molecule has 1 aromatic carbocycles. The number of nitrogens with zero attached hydrogens (tertiary/aromatic N) is 1. The molecule has 2 heterocycles. The molecule has 0 fully saturated rings. The van der Waals surface area contributed by atoms with E-state index in [2.05, 4.69) is 27.7 Å². The van der Waals surface area contributed by atoms with Gasteiger partial charge in [0.2, 0.25) is 0 Å². The van der Waals surface area contributed by atoms with Gasteiger partial charge < -0.3 is 10.7 Å². The molecule has 0 spiro atoms. The topological polar surface area (TPSA) is 54.7 Å². The highest BCUT2D eigenvalue weighted by Crippen LogP contribution is 2.26. The minimum atomic E-state index is 0.754. The quantitative estimate of drug-likeness (QED) is 0.630. The summed E-state index contributed by atoms with van der Waals surface area (Å²) in [6, 6.07) is 5.72. The lowest BCUT2D eigenvalue weighted by Crippen LogP contribution is -1.82. The third-order valence-electron chi connectivity index (χ3n) is 2.62. The van der Waals surface area contributed by atoms with Crippen LogP contribution in [0.5, 0.6) is 0 Å². The molecule has 0 radical (unpaired) electrons. The number of benzene rings is 1. The van der Waals surface area contributed by atoms with Crippen molar-refractivity contribution in [2.24, 2.45) is 0 Å². The molecule has 0 amide bonds. The van der Waals surface area contributed by atoms with E-state index in [1.807, 2.05) is 18.2 Å². The summed E-state index contributed by atoms with van der Waals surface area (Å²) in [6.45, 7) is 2.09. The molecule has 0 aliphatic heterocycles. The molecular formula is C12H11N3S. The van der Waals surface area contributed by atoms with Crippen LogP contribution in [0.3, 0.4) is 0 Å². The maximum absolute atomic E-state index is 5.74. The van der Waals surface area contributed by atoms with Crippen LogP contribution >= 0.6 is 11.3 Å². The predicted octanol–water partition coefficient (Wildman–Crippen LogP) is 3.18. The number of nitrogens with one attached hydrogen (secondary N) is 1. The van der Waals surface area contributed by atoms with Gasteiger partial charge >= 0.3 is 0 Å². The second-order valence-corrected chi connectivity index (χ2v) is 4.57. The molecule has 0 atom stereocenters. The molecule has 3 aromatic rings. The van der Waals surface area contributed by atoms with E-state index < -0.39 is 0 Å². The molecule has 0 saturated heterocycles. The molecule has 0 aliphatic carbocycles. The molecule has 0 bridgehead atoms. The van der Waals surface area contributed by atoms with Crippen molar-refractivity contribution in [3.05, 3.63) is 34.5 Å². The van der Waals surface area contributed by atoms with Gasteiger partial charge in [-0.1, -0.05) is 0 Å². The number of anilines is 1. The van der Waals surface area contributed by atoms with Crippen molar-refractivity contribution >= 4 is 28.1 Å². The molecule has 0 aliphatic rings. The Kier molecular flexibility index (Phi) is 1.97. The maximum Gasteiger partial charge on any atom is 0.139 e. The van der Waals surface area contributed by atoms with Crippen LogP contribution < -0.4 is 5.73 Å². The Morgan fingerprint density at radius 3 is 2.94 bits per heavy atom. The fourth-order valence-corrected chi connectivity index (χ4v) is 2.59. The van der Waals surface area contributed by atoms with Crippen molar-refractivity contribution < 1.29 is 0 Å². The average Bonchev–Trinajstić information content (AvgIpc) is 2.82. The van der Waals surface area contributed by atoms with Crippen LogP contribution in [-0.2, 0) is 0 Å². The molecule has 16 heavy (non-hydrogen) atoms. The van der Waals surface area contributed by atoms with Gasteiger partial charge in [0.1, 0.15) is 5.82 Å². The van der Waals surface area contributed by atoms with Crippen molar-refractivity contribution in [2.75, 3.05) is 5.73 Å². The van der Waals surface area contributed by atoms with Gasteiger partial charge in [0.25, 0.3) is 0 Å². The Balaban J connectivity index is 2.23. The summed E-state index contributed by atoms with van der Waals surface area (Å²) in [5.41, 5.74) is 10.8. The van der Waals surface area contributed by atoms with Crippen molar-refractivity contribution in [1.29, 1.82) is 0 Å². The molecular weight excluding hydrogens is 218 g/mol. The van der Waals surface area contributed by atoms with Gasteiger partial charge in [-0.15, -0.1) is 0 Å². The van der Waals surface area contributed by atoms with E-state index in [-0.39, 0.29) is 0 Å². The Labute approximate surface area is 96.9 Å². The summed E-state index contributed by atoms with van der Waals surface area (Å²) in [7, 11) is 0. The number of aryl methyl sites for hydroxylation is 1. The number of hydrogen-bond donors (Lipinski definition) is 2. The number of imidazole rings is 1. The standard InChI is InChI=1S/C12H11N3S/c1-7-5-16-6-9(7)12-14-10-3-2-8(13)4-11(10)15-12/h2-6H,13H2,1H3,(H,14,15). The summed E-state index contributed by atoms with van der Waals surface area (Å²) >= 11 is 1.69. The molecule has 0 unspecified atom stereocenters. The Morgan fingerprint density at radius 1 is 1.31 bits per heavy atom. The number of hydrogen-bond acceptors (Lipinski definition) is 3. The SMILES string of the molecule is Cc1cscc1-c1nc2ccc(N)cc2[nH]1. The lowest BCUT2D eigenvalue weighted by atomic mass is 10.2. The first-order chi connectivity index (χ1) is 7.74. The summed E-state index contributed by atoms with van der Waals surface area (Å²) in [5, 5.41) is 4.23. The summed E-state index contributed by atoms with van der Waals surface area (Å²) in [4.78, 5) is 7.85. The summed E-state index contributed by atoms with van der Waals surface area (Å²) in [5.74, 6) is 0.916. The fourth-order valence-electron chi connectivity index (χ4n) is 1.76. The molecule has 2 aromatic heterocycles. The fraction of sp³-hybridized carbons (Fsp3) is 0.0833. The van der Waals surface area contributed by atoms with Crippen LogP contribution in [0.2, 0.25) is 0 Å². The summed E-state index contributed by atoms with van der Waals surface area (Å²) in [6.07, 6.45) is 0. The first-order valence-corrected chi connectivity index (χ1v) is 5.97. The van der Waals surface area contributed by atoms with Crippen molar-refractivity contribution in [3.63, 3.8) is 0 Å². The van der Waals surface area contributed by atoms with Crippen molar-refractivity contribution in [1.82, 2.24) is 9.97 Å². The van der Waals surface area contributed by atoms with Gasteiger partial charge in [-0.05, 0) is 36.1 Å². The smallest absolute Gasteiger partial charge is 0.139 e. The number of nitrogens with two attached hydrogens (primary N) is 1. The zero-order chi connectivity index (χ0) is 11.1. The lowest BCUT2D eigenvalue weighted by Gasteiger charge is -1.92. The second-order valence-electron chi connectivity index (χ2n) is 3.83. The number of nitrogen functional groups attached to an aromatic ring is 1. The second kappa shape index (κ2) is 3.35. The van der Waals surface area contributed by atoms with Crippen LogP contribution in [0.15, 0.2) is 29.0 Å². The molecule has 0 saturated carbocycles. The predicted molar refractivity (Wildman–Crippen MR) is 68.6 cm³/mol. The molecule has 3 rings (SSSR count). The average molecular weight is 229 g/mol. The highest BCUT2D eigenvalue weighted by molar-refractivity contribution is 7.08. The van der Waals surface area contributed by atoms with Crippen molar-refractivity contribution in [2.45, 2.75) is 6.92 Å². The third kappa shape index (κ3) is 1.39. The van der Waals surface area contributed by atoms with Gasteiger partial charge in [0.15, 0.2) is 0 Å². The zero-order valence-corrected chi connectivity index (χ0v) is 9.64. The summed E-state index contributed by atoms with van der Waals surface area (Å²) < 4.78 is 0. The lowest BCUT2D eigenvalue weighted by molar-refractivity contribution is 1.32. The van der Waals surface area contributed by atoms with E-state index in [1.165, 1.54) is 11.1 Å². The minimum absolute atomic E-state index is 0.754. The van der Waals surface area contributed by atoms with Gasteiger partial charge in [0.05, 0.1) is 11.0 Å². The first kappa shape index (κ1) is 9.42. The third-order valence-corrected chi connectivity index (χ3v) is 3.48. The van der Waals surface area contributed by atoms with E-state index in [0.29, 0.717) is 0 Å². The maximum atomic E-state index is 5.74. The number of rotatable bonds is 1. The van der Waals surface area contributed by atoms with Crippen LogP contribution in [0.4, 0.5) is 5.69 Å². The highest BCUT2D eigenvalue weighted by atomic mass is 32.1.